The van der Waals surface area contributed by atoms with Gasteiger partial charge in [-0.15, -0.1) is 0 Å². The van der Waals surface area contributed by atoms with Gasteiger partial charge in [-0.1, -0.05) is 0 Å². The van der Waals surface area contributed by atoms with Crippen LogP contribution in [0.15, 0.2) is 45.9 Å². The third-order valence-electron chi connectivity index (χ3n) is 3.05. The van der Waals surface area contributed by atoms with Gasteiger partial charge in [0.15, 0.2) is 0 Å². The van der Waals surface area contributed by atoms with Crippen LogP contribution in [0, 0.1) is 0 Å². The minimum atomic E-state index is -3.68. The summed E-state index contributed by atoms with van der Waals surface area (Å²) in [5.41, 5.74) is 4.38. The highest BCUT2D eigenvalue weighted by atomic mass is 79.9. The standard InChI is InChI=1S/C16H19BrN4O4S/c1-16(2,3)21-26(24,25)12-6-4-10(5-7-12)14(22)19-20-15(23)13-8-11(17)9-18-13/h4-9,18,21H,1-3H3,(H,19,22)(H,20,23). The number of H-pyrrole nitrogens is 1. The van der Waals surface area contributed by atoms with Crippen LogP contribution < -0.4 is 15.6 Å². The molecule has 0 saturated heterocycles. The lowest BCUT2D eigenvalue weighted by Gasteiger charge is -2.20. The zero-order valence-corrected chi connectivity index (χ0v) is 16.8. The Morgan fingerprint density at radius 1 is 1.04 bits per heavy atom. The number of halogens is 1. The van der Waals surface area contributed by atoms with E-state index in [4.69, 9.17) is 0 Å². The zero-order chi connectivity index (χ0) is 19.5. The van der Waals surface area contributed by atoms with E-state index in [1.54, 1.807) is 33.0 Å². The van der Waals surface area contributed by atoms with Crippen LogP contribution in [0.1, 0.15) is 41.6 Å². The molecule has 140 valence electrons. The molecule has 0 radical (unpaired) electrons. The van der Waals surface area contributed by atoms with Crippen molar-refractivity contribution in [3.05, 3.63) is 52.3 Å². The van der Waals surface area contributed by atoms with Gasteiger partial charge in [0.1, 0.15) is 5.69 Å². The largest absolute Gasteiger partial charge is 0.356 e. The molecule has 1 aromatic heterocycles. The maximum atomic E-state index is 12.2. The van der Waals surface area contributed by atoms with Crippen LogP contribution in [0.25, 0.3) is 0 Å². The van der Waals surface area contributed by atoms with Gasteiger partial charge in [-0.05, 0) is 67.0 Å². The van der Waals surface area contributed by atoms with E-state index in [9.17, 15) is 18.0 Å². The topological polar surface area (TPSA) is 120 Å². The van der Waals surface area contributed by atoms with Crippen LogP contribution in [0.2, 0.25) is 0 Å². The summed E-state index contributed by atoms with van der Waals surface area (Å²) in [6.45, 7) is 5.20. The Bertz CT molecular complexity index is 914. The Kier molecular flexibility index (Phi) is 5.89. The van der Waals surface area contributed by atoms with E-state index in [1.165, 1.54) is 24.3 Å². The molecule has 10 heteroatoms. The lowest BCUT2D eigenvalue weighted by molar-refractivity contribution is 0.0844. The van der Waals surface area contributed by atoms with Gasteiger partial charge in [0, 0.05) is 21.8 Å². The predicted octanol–water partition coefficient (Wildman–Crippen LogP) is 1.93. The second kappa shape index (κ2) is 7.60. The molecule has 1 heterocycles. The number of benzene rings is 1. The van der Waals surface area contributed by atoms with Crippen LogP contribution in [-0.4, -0.2) is 30.8 Å². The Morgan fingerprint density at radius 3 is 2.12 bits per heavy atom. The normalized spacial score (nSPS) is 11.8. The van der Waals surface area contributed by atoms with Gasteiger partial charge in [-0.3, -0.25) is 20.4 Å². The lowest BCUT2D eigenvalue weighted by Crippen LogP contribution is -2.42. The van der Waals surface area contributed by atoms with Crippen molar-refractivity contribution in [1.82, 2.24) is 20.6 Å². The van der Waals surface area contributed by atoms with Crippen molar-refractivity contribution in [3.63, 3.8) is 0 Å². The van der Waals surface area contributed by atoms with Crippen molar-refractivity contribution in [1.29, 1.82) is 0 Å². The second-order valence-corrected chi connectivity index (χ2v) is 9.12. The third kappa shape index (κ3) is 5.41. The summed E-state index contributed by atoms with van der Waals surface area (Å²) >= 11 is 3.21. The van der Waals surface area contributed by atoms with E-state index in [2.05, 4.69) is 36.5 Å². The highest BCUT2D eigenvalue weighted by Gasteiger charge is 2.22. The molecule has 0 atom stereocenters. The average molecular weight is 443 g/mol. The molecular formula is C16H19BrN4O4S. The number of sulfonamides is 1. The van der Waals surface area contributed by atoms with E-state index in [0.717, 1.165) is 0 Å². The molecule has 0 aliphatic heterocycles. The first kappa shape index (κ1) is 20.1. The number of amides is 2. The maximum absolute atomic E-state index is 12.2. The fourth-order valence-corrected chi connectivity index (χ4v) is 3.76. The molecule has 26 heavy (non-hydrogen) atoms. The number of rotatable bonds is 4. The Labute approximate surface area is 159 Å². The number of aromatic nitrogens is 1. The van der Waals surface area contributed by atoms with Crippen LogP contribution in [0.4, 0.5) is 0 Å². The fraction of sp³-hybridized carbons (Fsp3) is 0.250. The van der Waals surface area contributed by atoms with E-state index >= 15 is 0 Å². The monoisotopic (exact) mass is 442 g/mol. The molecule has 2 aromatic rings. The Hall–Kier alpha value is -2.17. The Morgan fingerprint density at radius 2 is 1.62 bits per heavy atom. The summed E-state index contributed by atoms with van der Waals surface area (Å²) in [5, 5.41) is 0. The molecule has 0 aliphatic carbocycles. The summed E-state index contributed by atoms with van der Waals surface area (Å²) in [6, 6.07) is 6.94. The van der Waals surface area contributed by atoms with Crippen LogP contribution >= 0.6 is 15.9 Å². The van der Waals surface area contributed by atoms with E-state index < -0.39 is 27.4 Å². The summed E-state index contributed by atoms with van der Waals surface area (Å²) in [7, 11) is -3.68. The third-order valence-corrected chi connectivity index (χ3v) is 5.28. The highest BCUT2D eigenvalue weighted by molar-refractivity contribution is 9.10. The number of carbonyl (C=O) groups is 2. The first-order valence-corrected chi connectivity index (χ1v) is 9.84. The lowest BCUT2D eigenvalue weighted by atomic mass is 10.1. The Balaban J connectivity index is 2.01. The van der Waals surface area contributed by atoms with Crippen LogP contribution in [0.5, 0.6) is 0 Å². The van der Waals surface area contributed by atoms with Crippen LogP contribution in [0.3, 0.4) is 0 Å². The van der Waals surface area contributed by atoms with Crippen molar-refractivity contribution in [2.75, 3.05) is 0 Å². The van der Waals surface area contributed by atoms with Crippen molar-refractivity contribution < 1.29 is 18.0 Å². The second-order valence-electron chi connectivity index (χ2n) is 6.52. The zero-order valence-electron chi connectivity index (χ0n) is 14.4. The first-order valence-electron chi connectivity index (χ1n) is 7.56. The summed E-state index contributed by atoms with van der Waals surface area (Å²) < 4.78 is 27.7. The number of hydrogen-bond donors (Lipinski definition) is 4. The van der Waals surface area contributed by atoms with Gasteiger partial charge in [0.05, 0.1) is 4.90 Å². The number of carbonyl (C=O) groups excluding carboxylic acids is 2. The average Bonchev–Trinajstić information content (AvgIpc) is 2.97. The summed E-state index contributed by atoms with van der Waals surface area (Å²) in [4.78, 5) is 26.7. The summed E-state index contributed by atoms with van der Waals surface area (Å²) in [6.07, 6.45) is 1.58. The van der Waals surface area contributed by atoms with Gasteiger partial charge in [0.25, 0.3) is 11.8 Å². The van der Waals surface area contributed by atoms with Crippen molar-refractivity contribution in [2.24, 2.45) is 0 Å². The molecule has 4 N–H and O–H groups in total. The van der Waals surface area contributed by atoms with Gasteiger partial charge in [0.2, 0.25) is 10.0 Å². The molecule has 0 fully saturated rings. The van der Waals surface area contributed by atoms with E-state index in [-0.39, 0.29) is 16.2 Å². The van der Waals surface area contributed by atoms with Gasteiger partial charge >= 0.3 is 0 Å². The fourth-order valence-electron chi connectivity index (χ4n) is 2.00. The smallest absolute Gasteiger partial charge is 0.286 e. The molecule has 2 rings (SSSR count). The SMILES string of the molecule is CC(C)(C)NS(=O)(=O)c1ccc(C(=O)NNC(=O)c2cc(Br)c[nH]2)cc1. The first-order chi connectivity index (χ1) is 12.0. The molecule has 0 spiro atoms. The summed E-state index contributed by atoms with van der Waals surface area (Å²) in [5.74, 6) is -1.09. The van der Waals surface area contributed by atoms with Crippen molar-refractivity contribution >= 4 is 37.8 Å². The molecule has 2 amide bonds. The van der Waals surface area contributed by atoms with Gasteiger partial charge in [-0.25, -0.2) is 13.1 Å². The number of nitrogens with one attached hydrogen (secondary N) is 4. The van der Waals surface area contributed by atoms with Gasteiger partial charge < -0.3 is 4.98 Å². The quantitative estimate of drug-likeness (QED) is 0.540. The molecule has 0 bridgehead atoms. The van der Waals surface area contributed by atoms with Crippen LogP contribution in [-0.2, 0) is 10.0 Å². The maximum Gasteiger partial charge on any atom is 0.286 e. The van der Waals surface area contributed by atoms with Gasteiger partial charge in [-0.2, -0.15) is 0 Å². The van der Waals surface area contributed by atoms with Crippen molar-refractivity contribution in [3.8, 4) is 0 Å². The highest BCUT2D eigenvalue weighted by Crippen LogP contribution is 2.14. The molecule has 8 nitrogen and oxygen atoms in total. The minimum Gasteiger partial charge on any atom is -0.356 e. The molecule has 0 saturated carbocycles. The molecule has 1 aromatic carbocycles. The number of hydrazine groups is 1. The predicted molar refractivity (Wildman–Crippen MR) is 99.9 cm³/mol. The molecule has 0 aliphatic rings. The number of aromatic amines is 1. The minimum absolute atomic E-state index is 0.0456. The van der Waals surface area contributed by atoms with E-state index in [0.29, 0.717) is 4.47 Å². The number of hydrogen-bond acceptors (Lipinski definition) is 4. The molecule has 0 unspecified atom stereocenters. The molecular weight excluding hydrogens is 424 g/mol. The van der Waals surface area contributed by atoms with E-state index in [1.807, 2.05) is 0 Å². The van der Waals surface area contributed by atoms with Crippen molar-refractivity contribution in [2.45, 2.75) is 31.2 Å².